The average Bonchev–Trinajstić information content (AvgIpc) is 2.73. The molecule has 1 saturated heterocycles. The van der Waals surface area contributed by atoms with Crippen molar-refractivity contribution in [2.75, 3.05) is 13.6 Å². The van der Waals surface area contributed by atoms with E-state index >= 15 is 0 Å². The van der Waals surface area contributed by atoms with Gasteiger partial charge in [-0.15, -0.1) is 0 Å². The van der Waals surface area contributed by atoms with E-state index in [0.717, 1.165) is 19.4 Å². The molecule has 1 aromatic carbocycles. The van der Waals surface area contributed by atoms with Gasteiger partial charge in [0, 0.05) is 0 Å². The number of amides is 2. The highest BCUT2D eigenvalue weighted by molar-refractivity contribution is 6.20. The molecule has 21 heavy (non-hydrogen) atoms. The number of hydroxylamine groups is 2. The largest absolute Gasteiger partial charge is 0.350 e. The quantitative estimate of drug-likeness (QED) is 0.766. The summed E-state index contributed by atoms with van der Waals surface area (Å²) >= 11 is 0. The fourth-order valence-corrected chi connectivity index (χ4v) is 2.77. The Labute approximate surface area is 122 Å². The van der Waals surface area contributed by atoms with Crippen LogP contribution in [0.2, 0.25) is 0 Å². The lowest BCUT2D eigenvalue weighted by Gasteiger charge is -2.30. The predicted octanol–water partition coefficient (Wildman–Crippen LogP) is 1.23. The van der Waals surface area contributed by atoms with Gasteiger partial charge in [-0.3, -0.25) is 14.5 Å². The molecule has 0 unspecified atom stereocenters. The summed E-state index contributed by atoms with van der Waals surface area (Å²) in [5.41, 5.74) is 0.541. The Hall–Kier alpha value is -2.21. The summed E-state index contributed by atoms with van der Waals surface area (Å²) in [5.74, 6) is -1.71. The minimum absolute atomic E-state index is 0.271. The zero-order chi connectivity index (χ0) is 15.0. The Kier molecular flexibility index (Phi) is 3.47. The van der Waals surface area contributed by atoms with Crippen LogP contribution in [0.15, 0.2) is 24.3 Å². The molecule has 0 saturated carbocycles. The third-order valence-electron chi connectivity index (χ3n) is 3.98. The molecule has 6 nitrogen and oxygen atoms in total. The lowest BCUT2D eigenvalue weighted by Crippen LogP contribution is -2.46. The molecular formula is C15H16N2O4. The van der Waals surface area contributed by atoms with Gasteiger partial charge >= 0.3 is 5.97 Å². The van der Waals surface area contributed by atoms with E-state index < -0.39 is 23.8 Å². The molecule has 2 aliphatic heterocycles. The summed E-state index contributed by atoms with van der Waals surface area (Å²) in [4.78, 5) is 43.4. The molecule has 0 spiro atoms. The van der Waals surface area contributed by atoms with Gasteiger partial charge in [-0.05, 0) is 38.6 Å². The first-order valence-corrected chi connectivity index (χ1v) is 6.99. The van der Waals surface area contributed by atoms with E-state index in [9.17, 15) is 14.4 Å². The number of hydrogen-bond donors (Lipinski definition) is 0. The van der Waals surface area contributed by atoms with Gasteiger partial charge in [-0.1, -0.05) is 23.6 Å². The number of rotatable bonds is 2. The van der Waals surface area contributed by atoms with Gasteiger partial charge in [-0.2, -0.15) is 0 Å². The molecule has 0 aliphatic carbocycles. The number of imide groups is 1. The van der Waals surface area contributed by atoms with Gasteiger partial charge in [0.25, 0.3) is 11.8 Å². The Morgan fingerprint density at radius 3 is 2.33 bits per heavy atom. The third kappa shape index (κ3) is 2.31. The van der Waals surface area contributed by atoms with Crippen LogP contribution in [0, 0.1) is 0 Å². The number of likely N-dealkylation sites (tertiary alicyclic amines) is 1. The molecule has 0 bridgehead atoms. The number of likely N-dealkylation sites (N-methyl/N-ethyl adjacent to an activating group) is 1. The van der Waals surface area contributed by atoms with Gasteiger partial charge in [0.05, 0.1) is 11.1 Å². The van der Waals surface area contributed by atoms with Crippen molar-refractivity contribution in [1.29, 1.82) is 0 Å². The van der Waals surface area contributed by atoms with Crippen LogP contribution in [0.5, 0.6) is 0 Å². The lowest BCUT2D eigenvalue weighted by atomic mass is 10.0. The molecule has 1 aromatic rings. The van der Waals surface area contributed by atoms with Gasteiger partial charge in [0.1, 0.15) is 6.04 Å². The first-order chi connectivity index (χ1) is 10.1. The van der Waals surface area contributed by atoms with Crippen molar-refractivity contribution in [3.63, 3.8) is 0 Å². The maximum Gasteiger partial charge on any atom is 0.350 e. The summed E-state index contributed by atoms with van der Waals surface area (Å²) in [6.07, 6.45) is 2.65. The van der Waals surface area contributed by atoms with Crippen molar-refractivity contribution in [3.05, 3.63) is 35.4 Å². The molecule has 0 N–H and O–H groups in total. The Morgan fingerprint density at radius 1 is 1.14 bits per heavy atom. The number of nitrogens with zero attached hydrogens (tertiary/aromatic N) is 2. The second-order valence-electron chi connectivity index (χ2n) is 5.35. The van der Waals surface area contributed by atoms with Gasteiger partial charge in [-0.25, -0.2) is 4.79 Å². The normalized spacial score (nSPS) is 22.3. The zero-order valence-electron chi connectivity index (χ0n) is 11.7. The first-order valence-electron chi connectivity index (χ1n) is 6.99. The summed E-state index contributed by atoms with van der Waals surface area (Å²) < 4.78 is 0. The van der Waals surface area contributed by atoms with Crippen LogP contribution in [0.4, 0.5) is 0 Å². The molecule has 6 heteroatoms. The topological polar surface area (TPSA) is 66.9 Å². The molecule has 0 aromatic heterocycles. The summed E-state index contributed by atoms with van der Waals surface area (Å²) in [5, 5.41) is 0.579. The molecular weight excluding hydrogens is 272 g/mol. The van der Waals surface area contributed by atoms with Crippen molar-refractivity contribution >= 4 is 17.8 Å². The van der Waals surface area contributed by atoms with E-state index in [2.05, 4.69) is 0 Å². The fourth-order valence-electron chi connectivity index (χ4n) is 2.77. The molecule has 0 radical (unpaired) electrons. The molecule has 1 fully saturated rings. The Bertz CT molecular complexity index is 578. The number of carbonyl (C=O) groups excluding carboxylic acids is 3. The average molecular weight is 288 g/mol. The van der Waals surface area contributed by atoms with E-state index in [1.165, 1.54) is 0 Å². The first kappa shape index (κ1) is 13.8. The second kappa shape index (κ2) is 5.29. The van der Waals surface area contributed by atoms with Gasteiger partial charge in [0.15, 0.2) is 0 Å². The minimum Gasteiger partial charge on any atom is -0.328 e. The van der Waals surface area contributed by atoms with E-state index in [1.807, 2.05) is 11.9 Å². The number of piperidine rings is 1. The van der Waals surface area contributed by atoms with Crippen molar-refractivity contribution < 1.29 is 19.2 Å². The van der Waals surface area contributed by atoms with E-state index in [-0.39, 0.29) is 11.1 Å². The monoisotopic (exact) mass is 288 g/mol. The maximum atomic E-state index is 12.2. The molecule has 3 rings (SSSR count). The number of hydrogen-bond acceptors (Lipinski definition) is 5. The summed E-state index contributed by atoms with van der Waals surface area (Å²) in [6.45, 7) is 0.807. The Balaban J connectivity index is 1.76. The molecule has 110 valence electrons. The lowest BCUT2D eigenvalue weighted by molar-refractivity contribution is -0.175. The van der Waals surface area contributed by atoms with Crippen molar-refractivity contribution in [1.82, 2.24) is 9.96 Å². The minimum atomic E-state index is -0.581. The van der Waals surface area contributed by atoms with E-state index in [4.69, 9.17) is 4.84 Å². The van der Waals surface area contributed by atoms with Crippen LogP contribution < -0.4 is 0 Å². The van der Waals surface area contributed by atoms with Crippen LogP contribution >= 0.6 is 0 Å². The van der Waals surface area contributed by atoms with Crippen LogP contribution in [0.25, 0.3) is 0 Å². The van der Waals surface area contributed by atoms with Gasteiger partial charge < -0.3 is 4.84 Å². The third-order valence-corrected chi connectivity index (χ3v) is 3.98. The second-order valence-corrected chi connectivity index (χ2v) is 5.35. The summed E-state index contributed by atoms with van der Waals surface area (Å²) in [6, 6.07) is 6.05. The van der Waals surface area contributed by atoms with Crippen molar-refractivity contribution in [2.45, 2.75) is 25.3 Å². The van der Waals surface area contributed by atoms with Crippen LogP contribution in [0.3, 0.4) is 0 Å². The highest BCUT2D eigenvalue weighted by atomic mass is 16.7. The summed E-state index contributed by atoms with van der Waals surface area (Å²) in [7, 11) is 1.84. The van der Waals surface area contributed by atoms with Gasteiger partial charge in [0.2, 0.25) is 0 Å². The maximum absolute atomic E-state index is 12.2. The van der Waals surface area contributed by atoms with E-state index in [0.29, 0.717) is 11.5 Å². The fraction of sp³-hybridized carbons (Fsp3) is 0.400. The molecule has 2 heterocycles. The number of fused-ring (bicyclic) bond motifs is 1. The number of benzene rings is 1. The zero-order valence-corrected chi connectivity index (χ0v) is 11.7. The van der Waals surface area contributed by atoms with Crippen molar-refractivity contribution in [2.24, 2.45) is 0 Å². The predicted molar refractivity (Wildman–Crippen MR) is 73.3 cm³/mol. The van der Waals surface area contributed by atoms with Crippen LogP contribution in [-0.2, 0) is 9.63 Å². The molecule has 2 amide bonds. The van der Waals surface area contributed by atoms with Crippen molar-refractivity contribution in [3.8, 4) is 0 Å². The van der Waals surface area contributed by atoms with E-state index in [1.54, 1.807) is 24.3 Å². The van der Waals surface area contributed by atoms with Crippen LogP contribution in [-0.4, -0.2) is 47.4 Å². The molecule has 2 aliphatic rings. The number of carbonyl (C=O) groups is 3. The smallest absolute Gasteiger partial charge is 0.328 e. The highest BCUT2D eigenvalue weighted by Gasteiger charge is 2.40. The van der Waals surface area contributed by atoms with Crippen LogP contribution in [0.1, 0.15) is 40.0 Å². The highest BCUT2D eigenvalue weighted by Crippen LogP contribution is 2.24. The molecule has 1 atom stereocenters. The Morgan fingerprint density at radius 2 is 1.76 bits per heavy atom. The standard InChI is InChI=1S/C15H16N2O4/c1-16-9-5-4-8-12(16)15(20)21-17-13(18)10-6-2-3-7-11(10)14(17)19/h2-3,6-7,12H,4-5,8-9H2,1H3/t12-/m0/s1. The SMILES string of the molecule is CN1CCCC[C@H]1C(=O)ON1C(=O)c2ccccc2C1=O.